The maximum absolute atomic E-state index is 12.6. The van der Waals surface area contributed by atoms with Crippen LogP contribution in [0.3, 0.4) is 0 Å². The van der Waals surface area contributed by atoms with E-state index in [1.165, 1.54) is 12.1 Å². The van der Waals surface area contributed by atoms with Crippen molar-refractivity contribution in [3.8, 4) is 0 Å². The molecule has 6 nitrogen and oxygen atoms in total. The van der Waals surface area contributed by atoms with Crippen LogP contribution >= 0.6 is 12.6 Å². The molecule has 1 unspecified atom stereocenters. The van der Waals surface area contributed by atoms with Crippen LogP contribution < -0.4 is 4.72 Å². The molecule has 0 saturated carbocycles. The molecule has 2 rings (SSSR count). The predicted molar refractivity (Wildman–Crippen MR) is 95.6 cm³/mol. The Hall–Kier alpha value is -1.09. The molecule has 1 fully saturated rings. The molecule has 1 saturated heterocycles. The van der Waals surface area contributed by atoms with Gasteiger partial charge in [0.1, 0.15) is 6.04 Å². The molecule has 1 aliphatic heterocycles. The normalized spacial score (nSPS) is 19.6. The first kappa shape index (κ1) is 19.2. The molecule has 1 aromatic rings. The Kier molecular flexibility index (Phi) is 6.30. The van der Waals surface area contributed by atoms with Crippen LogP contribution in [0.4, 0.5) is 0 Å². The van der Waals surface area contributed by atoms with Gasteiger partial charge < -0.3 is 9.64 Å². The molecule has 1 aliphatic rings. The molecule has 0 aliphatic carbocycles. The zero-order valence-electron chi connectivity index (χ0n) is 13.9. The summed E-state index contributed by atoms with van der Waals surface area (Å²) in [6, 6.07) is 6.97. The molecule has 0 spiro atoms. The van der Waals surface area contributed by atoms with E-state index in [2.05, 4.69) is 22.3 Å². The smallest absolute Gasteiger partial charge is 0.325 e. The van der Waals surface area contributed by atoms with E-state index in [0.29, 0.717) is 12.8 Å². The number of esters is 1. The van der Waals surface area contributed by atoms with Crippen LogP contribution in [-0.2, 0) is 19.6 Å². The van der Waals surface area contributed by atoms with Crippen molar-refractivity contribution in [2.24, 2.45) is 0 Å². The van der Waals surface area contributed by atoms with E-state index in [1.807, 2.05) is 7.05 Å². The first-order valence-corrected chi connectivity index (χ1v) is 9.86. The molecule has 1 atom stereocenters. The van der Waals surface area contributed by atoms with Crippen molar-refractivity contribution in [3.63, 3.8) is 0 Å². The third-order valence-electron chi connectivity index (χ3n) is 4.24. The molecule has 134 valence electrons. The van der Waals surface area contributed by atoms with Gasteiger partial charge in [-0.05, 0) is 52.0 Å². The molecular formula is C16H24N2O4S2. The van der Waals surface area contributed by atoms with E-state index in [0.717, 1.165) is 13.1 Å². The van der Waals surface area contributed by atoms with Crippen LogP contribution in [0.25, 0.3) is 0 Å². The van der Waals surface area contributed by atoms with Crippen molar-refractivity contribution in [1.82, 2.24) is 9.62 Å². The molecule has 1 N–H and O–H groups in total. The summed E-state index contributed by atoms with van der Waals surface area (Å²) in [5, 5.41) is 0. The quantitative estimate of drug-likeness (QED) is 0.581. The van der Waals surface area contributed by atoms with E-state index in [4.69, 9.17) is 4.74 Å². The Morgan fingerprint density at radius 1 is 1.33 bits per heavy atom. The topological polar surface area (TPSA) is 75.7 Å². The van der Waals surface area contributed by atoms with Gasteiger partial charge in [-0.2, -0.15) is 17.4 Å². The van der Waals surface area contributed by atoms with E-state index in [9.17, 15) is 13.2 Å². The number of nitrogens with zero attached hydrogens (tertiary/aromatic N) is 1. The summed E-state index contributed by atoms with van der Waals surface area (Å²) in [5.74, 6) is -0.587. The minimum Gasteiger partial charge on any atom is -0.465 e. The number of benzene rings is 1. The number of carbonyl (C=O) groups is 1. The largest absolute Gasteiger partial charge is 0.465 e. The van der Waals surface area contributed by atoms with Crippen molar-refractivity contribution in [1.29, 1.82) is 0 Å². The highest BCUT2D eigenvalue weighted by Crippen LogP contribution is 2.33. The summed E-state index contributed by atoms with van der Waals surface area (Å²) in [4.78, 5) is 14.7. The number of hydrogen-bond acceptors (Lipinski definition) is 6. The number of nitrogens with one attached hydrogen (secondary N) is 1. The fraction of sp³-hybridized carbons (Fsp3) is 0.562. The summed E-state index contributed by atoms with van der Waals surface area (Å²) in [7, 11) is -1.85. The zero-order valence-corrected chi connectivity index (χ0v) is 15.6. The summed E-state index contributed by atoms with van der Waals surface area (Å²) in [5.41, 5.74) is 0. The molecule has 0 amide bonds. The maximum atomic E-state index is 12.6. The van der Waals surface area contributed by atoms with E-state index in [-0.39, 0.29) is 11.5 Å². The molecule has 24 heavy (non-hydrogen) atoms. The van der Waals surface area contributed by atoms with Gasteiger partial charge >= 0.3 is 5.97 Å². The van der Waals surface area contributed by atoms with Gasteiger partial charge in [0.25, 0.3) is 0 Å². The van der Waals surface area contributed by atoms with Crippen LogP contribution in [0.2, 0.25) is 0 Å². The van der Waals surface area contributed by atoms with Crippen LogP contribution in [0, 0.1) is 0 Å². The maximum Gasteiger partial charge on any atom is 0.325 e. The Morgan fingerprint density at radius 3 is 2.46 bits per heavy atom. The first-order chi connectivity index (χ1) is 11.3. The number of hydrogen-bond donors (Lipinski definition) is 2. The lowest BCUT2D eigenvalue weighted by Crippen LogP contribution is -2.58. The Labute approximate surface area is 149 Å². The Morgan fingerprint density at radius 2 is 1.92 bits per heavy atom. The second-order valence-corrected chi connectivity index (χ2v) is 8.63. The monoisotopic (exact) mass is 372 g/mol. The van der Waals surface area contributed by atoms with E-state index >= 15 is 0 Å². The van der Waals surface area contributed by atoms with Gasteiger partial charge in [0.15, 0.2) is 0 Å². The minimum absolute atomic E-state index is 0.115. The third kappa shape index (κ3) is 4.50. The highest BCUT2D eigenvalue weighted by Gasteiger charge is 2.45. The number of carbonyl (C=O) groups excluding carboxylic acids is 1. The van der Waals surface area contributed by atoms with E-state index in [1.54, 1.807) is 25.1 Å². The number of rotatable bonds is 6. The van der Waals surface area contributed by atoms with Gasteiger partial charge in [-0.1, -0.05) is 18.2 Å². The van der Waals surface area contributed by atoms with Gasteiger partial charge in [-0.3, -0.25) is 4.79 Å². The molecule has 0 aromatic heterocycles. The zero-order chi connectivity index (χ0) is 17.8. The fourth-order valence-electron chi connectivity index (χ4n) is 2.72. The Balaban J connectivity index is 2.28. The van der Waals surface area contributed by atoms with Gasteiger partial charge in [0.2, 0.25) is 10.0 Å². The average Bonchev–Trinajstić information content (AvgIpc) is 2.56. The highest BCUT2D eigenvalue weighted by molar-refractivity contribution is 7.89. The van der Waals surface area contributed by atoms with Crippen molar-refractivity contribution < 1.29 is 17.9 Å². The van der Waals surface area contributed by atoms with Crippen molar-refractivity contribution >= 4 is 28.6 Å². The molecule has 0 radical (unpaired) electrons. The van der Waals surface area contributed by atoms with Gasteiger partial charge in [0, 0.05) is 4.75 Å². The van der Waals surface area contributed by atoms with Gasteiger partial charge in [0.05, 0.1) is 11.5 Å². The lowest BCUT2D eigenvalue weighted by molar-refractivity contribution is -0.146. The number of likely N-dealkylation sites (tertiary alicyclic amines) is 1. The summed E-state index contributed by atoms with van der Waals surface area (Å²) in [6.45, 7) is 3.37. The fourth-order valence-corrected chi connectivity index (χ4v) is 4.46. The average molecular weight is 373 g/mol. The minimum atomic E-state index is -3.84. The number of sulfonamides is 1. The SMILES string of the molecule is CCOC(=O)C(NS(=O)(=O)c1ccccc1)C1(S)CCN(C)CC1. The highest BCUT2D eigenvalue weighted by atomic mass is 32.2. The summed E-state index contributed by atoms with van der Waals surface area (Å²) < 4.78 is 32.1. The van der Waals surface area contributed by atoms with Crippen molar-refractivity contribution in [3.05, 3.63) is 30.3 Å². The molecule has 8 heteroatoms. The second kappa shape index (κ2) is 7.86. The van der Waals surface area contributed by atoms with Crippen LogP contribution in [0.1, 0.15) is 19.8 Å². The standard InChI is InChI=1S/C16H24N2O4S2/c1-3-22-15(19)14(16(23)9-11-18(2)12-10-16)17-24(20,21)13-7-5-4-6-8-13/h4-8,14,17,23H,3,9-12H2,1-2H3. The van der Waals surface area contributed by atoms with Crippen molar-refractivity contribution in [2.75, 3.05) is 26.7 Å². The van der Waals surface area contributed by atoms with Crippen LogP contribution in [-0.4, -0.2) is 56.8 Å². The van der Waals surface area contributed by atoms with Crippen molar-refractivity contribution in [2.45, 2.75) is 35.4 Å². The van der Waals surface area contributed by atoms with Crippen LogP contribution in [0.5, 0.6) is 0 Å². The third-order valence-corrected chi connectivity index (χ3v) is 6.38. The molecular weight excluding hydrogens is 348 g/mol. The van der Waals surface area contributed by atoms with Gasteiger partial charge in [-0.15, -0.1) is 0 Å². The lowest BCUT2D eigenvalue weighted by atomic mass is 9.89. The van der Waals surface area contributed by atoms with Crippen LogP contribution in [0.15, 0.2) is 35.2 Å². The number of piperidine rings is 1. The summed E-state index contributed by atoms with van der Waals surface area (Å²) in [6.07, 6.45) is 1.18. The predicted octanol–water partition coefficient (Wildman–Crippen LogP) is 1.29. The first-order valence-electron chi connectivity index (χ1n) is 7.93. The molecule has 0 bridgehead atoms. The Bertz CT molecular complexity index is 656. The molecule has 1 aromatic carbocycles. The second-order valence-electron chi connectivity index (χ2n) is 6.03. The molecule has 1 heterocycles. The lowest BCUT2D eigenvalue weighted by Gasteiger charge is -2.41. The number of thiol groups is 1. The van der Waals surface area contributed by atoms with E-state index < -0.39 is 26.8 Å². The summed E-state index contributed by atoms with van der Waals surface area (Å²) >= 11 is 4.69. The number of ether oxygens (including phenoxy) is 1. The van der Waals surface area contributed by atoms with Gasteiger partial charge in [-0.25, -0.2) is 8.42 Å².